The topological polar surface area (TPSA) is 84.7 Å². The molecule has 0 spiro atoms. The first kappa shape index (κ1) is 20.6. The van der Waals surface area contributed by atoms with Crippen molar-refractivity contribution in [1.29, 1.82) is 0 Å². The number of hydrogen-bond acceptors (Lipinski definition) is 6. The summed E-state index contributed by atoms with van der Waals surface area (Å²) >= 11 is 5.28. The van der Waals surface area contributed by atoms with E-state index >= 15 is 0 Å². The fraction of sp³-hybridized carbons (Fsp3) is 0.286. The Morgan fingerprint density at radius 1 is 1.28 bits per heavy atom. The summed E-state index contributed by atoms with van der Waals surface area (Å²) < 4.78 is 13.0. The molecule has 29 heavy (non-hydrogen) atoms. The van der Waals surface area contributed by atoms with E-state index in [0.717, 1.165) is 16.9 Å². The molecule has 7 nitrogen and oxygen atoms in total. The van der Waals surface area contributed by atoms with Gasteiger partial charge < -0.3 is 14.6 Å². The van der Waals surface area contributed by atoms with Gasteiger partial charge in [-0.05, 0) is 54.4 Å². The fourth-order valence-electron chi connectivity index (χ4n) is 2.85. The normalized spacial score (nSPS) is 11.3. The zero-order valence-electron chi connectivity index (χ0n) is 16.8. The van der Waals surface area contributed by atoms with Crippen LogP contribution >= 0.6 is 12.2 Å². The van der Waals surface area contributed by atoms with Gasteiger partial charge in [0, 0.05) is 5.56 Å². The van der Waals surface area contributed by atoms with Crippen LogP contribution in [0.5, 0.6) is 17.2 Å². The van der Waals surface area contributed by atoms with Crippen molar-refractivity contribution in [1.82, 2.24) is 14.9 Å². The smallest absolute Gasteiger partial charge is 0.216 e. The van der Waals surface area contributed by atoms with Crippen molar-refractivity contribution in [2.45, 2.75) is 33.3 Å². The van der Waals surface area contributed by atoms with Gasteiger partial charge in [0.2, 0.25) is 4.77 Å². The quantitative estimate of drug-likeness (QED) is 0.439. The molecule has 1 aromatic heterocycles. The molecule has 0 unspecified atom stereocenters. The van der Waals surface area contributed by atoms with E-state index in [1.165, 1.54) is 18.0 Å². The molecule has 0 atom stereocenters. The first-order valence-electron chi connectivity index (χ1n) is 9.20. The van der Waals surface area contributed by atoms with Gasteiger partial charge in [-0.3, -0.25) is 0 Å². The van der Waals surface area contributed by atoms with Crippen LogP contribution in [0, 0.1) is 11.7 Å². The SMILES string of the molecule is COc1cccc(/C=N/n2c(COc3cc(C)ccc3C(C)C)n[nH]c2=S)c1O. The van der Waals surface area contributed by atoms with Crippen molar-refractivity contribution in [3.8, 4) is 17.2 Å². The Hall–Kier alpha value is -3.13. The third kappa shape index (κ3) is 4.65. The predicted molar refractivity (Wildman–Crippen MR) is 115 cm³/mol. The number of benzene rings is 2. The number of nitrogens with zero attached hydrogens (tertiary/aromatic N) is 3. The Morgan fingerprint density at radius 3 is 2.79 bits per heavy atom. The van der Waals surface area contributed by atoms with Gasteiger partial charge in [0.15, 0.2) is 17.3 Å². The van der Waals surface area contributed by atoms with E-state index in [2.05, 4.69) is 41.3 Å². The average Bonchev–Trinajstić information content (AvgIpc) is 3.05. The highest BCUT2D eigenvalue weighted by Gasteiger charge is 2.12. The summed E-state index contributed by atoms with van der Waals surface area (Å²) in [5.74, 6) is 2.04. The summed E-state index contributed by atoms with van der Waals surface area (Å²) in [6.45, 7) is 6.46. The van der Waals surface area contributed by atoms with Crippen LogP contribution in [0.15, 0.2) is 41.5 Å². The number of aromatic hydroxyl groups is 1. The predicted octanol–water partition coefficient (Wildman–Crippen LogP) is 4.55. The first-order valence-corrected chi connectivity index (χ1v) is 9.61. The molecule has 8 heteroatoms. The second kappa shape index (κ2) is 8.91. The minimum atomic E-state index is 0.00731. The zero-order valence-corrected chi connectivity index (χ0v) is 17.7. The number of hydrogen-bond donors (Lipinski definition) is 2. The third-order valence-electron chi connectivity index (χ3n) is 4.43. The molecule has 3 rings (SSSR count). The van der Waals surface area contributed by atoms with Gasteiger partial charge in [0.1, 0.15) is 12.4 Å². The van der Waals surface area contributed by atoms with Crippen molar-refractivity contribution in [3.63, 3.8) is 0 Å². The van der Waals surface area contributed by atoms with Crippen LogP contribution in [0.4, 0.5) is 0 Å². The Kier molecular flexibility index (Phi) is 6.33. The highest BCUT2D eigenvalue weighted by atomic mass is 32.1. The summed E-state index contributed by atoms with van der Waals surface area (Å²) in [4.78, 5) is 0. The number of rotatable bonds is 7. The molecule has 2 N–H and O–H groups in total. The summed E-state index contributed by atoms with van der Waals surface area (Å²) in [6, 6.07) is 11.3. The molecular formula is C21H24N4O3S. The average molecular weight is 413 g/mol. The van der Waals surface area contributed by atoms with Crippen LogP contribution in [0.3, 0.4) is 0 Å². The van der Waals surface area contributed by atoms with Gasteiger partial charge in [-0.1, -0.05) is 32.0 Å². The number of aryl methyl sites for hydroxylation is 1. The Morgan fingerprint density at radius 2 is 2.07 bits per heavy atom. The Labute approximate surface area is 174 Å². The number of aromatic nitrogens is 3. The Balaban J connectivity index is 1.84. The lowest BCUT2D eigenvalue weighted by Crippen LogP contribution is -2.06. The molecule has 0 saturated carbocycles. The van der Waals surface area contributed by atoms with E-state index < -0.39 is 0 Å². The number of phenolic OH excluding ortho intramolecular Hbond substituents is 1. The number of ether oxygens (including phenoxy) is 2. The summed E-state index contributed by atoms with van der Waals surface area (Å²) in [5.41, 5.74) is 2.75. The van der Waals surface area contributed by atoms with E-state index in [1.54, 1.807) is 18.2 Å². The molecule has 0 saturated heterocycles. The van der Waals surface area contributed by atoms with Gasteiger partial charge in [-0.25, -0.2) is 5.10 Å². The van der Waals surface area contributed by atoms with Crippen LogP contribution in [0.25, 0.3) is 0 Å². The van der Waals surface area contributed by atoms with Gasteiger partial charge in [0.25, 0.3) is 0 Å². The maximum absolute atomic E-state index is 10.2. The van der Waals surface area contributed by atoms with Crippen molar-refractivity contribution in [2.75, 3.05) is 7.11 Å². The van der Waals surface area contributed by atoms with E-state index in [9.17, 15) is 5.11 Å². The standard InChI is InChI=1S/C21H24N4O3S/c1-13(2)16-9-8-14(3)10-18(16)28-12-19-23-24-21(29)25(19)22-11-15-6-5-7-17(27-4)20(15)26/h5-11,13,26H,12H2,1-4H3,(H,24,29)/b22-11+. The van der Waals surface area contributed by atoms with Crippen LogP contribution in [-0.4, -0.2) is 33.3 Å². The van der Waals surface area contributed by atoms with Crippen molar-refractivity contribution < 1.29 is 14.6 Å². The lowest BCUT2D eigenvalue weighted by atomic mass is 10.0. The maximum Gasteiger partial charge on any atom is 0.216 e. The van der Waals surface area contributed by atoms with E-state index in [1.807, 2.05) is 13.0 Å². The minimum Gasteiger partial charge on any atom is -0.504 e. The van der Waals surface area contributed by atoms with Crippen LogP contribution in [-0.2, 0) is 6.61 Å². The number of H-pyrrole nitrogens is 1. The molecule has 0 aliphatic carbocycles. The van der Waals surface area contributed by atoms with Crippen molar-refractivity contribution in [2.24, 2.45) is 5.10 Å². The lowest BCUT2D eigenvalue weighted by Gasteiger charge is -2.14. The number of aromatic amines is 1. The van der Waals surface area contributed by atoms with Crippen LogP contribution < -0.4 is 9.47 Å². The summed E-state index contributed by atoms with van der Waals surface area (Å²) in [5, 5.41) is 21.5. The van der Waals surface area contributed by atoms with Gasteiger partial charge in [-0.2, -0.15) is 14.9 Å². The number of methoxy groups -OCH3 is 1. The summed E-state index contributed by atoms with van der Waals surface area (Å²) in [7, 11) is 1.49. The van der Waals surface area contributed by atoms with Gasteiger partial charge in [-0.15, -0.1) is 0 Å². The Bertz CT molecular complexity index is 1090. The molecule has 0 amide bonds. The maximum atomic E-state index is 10.2. The van der Waals surface area contributed by atoms with E-state index in [-0.39, 0.29) is 12.4 Å². The van der Waals surface area contributed by atoms with Crippen LogP contribution in [0.2, 0.25) is 0 Å². The number of phenols is 1. The molecule has 0 fully saturated rings. The third-order valence-corrected chi connectivity index (χ3v) is 4.69. The second-order valence-electron chi connectivity index (χ2n) is 6.88. The zero-order chi connectivity index (χ0) is 21.0. The molecule has 3 aromatic rings. The molecule has 0 bridgehead atoms. The molecule has 0 aliphatic heterocycles. The molecule has 2 aromatic carbocycles. The van der Waals surface area contributed by atoms with Crippen molar-refractivity contribution in [3.05, 3.63) is 63.7 Å². The largest absolute Gasteiger partial charge is 0.504 e. The van der Waals surface area contributed by atoms with E-state index in [4.69, 9.17) is 21.7 Å². The molecular weight excluding hydrogens is 388 g/mol. The first-order chi connectivity index (χ1) is 13.9. The fourth-order valence-corrected chi connectivity index (χ4v) is 3.05. The highest BCUT2D eigenvalue weighted by Crippen LogP contribution is 2.29. The molecule has 0 radical (unpaired) electrons. The van der Waals surface area contributed by atoms with Crippen LogP contribution in [0.1, 0.15) is 42.3 Å². The van der Waals surface area contributed by atoms with E-state index in [0.29, 0.717) is 27.8 Å². The molecule has 0 aliphatic rings. The highest BCUT2D eigenvalue weighted by molar-refractivity contribution is 7.71. The summed E-state index contributed by atoms with van der Waals surface area (Å²) in [6.07, 6.45) is 1.50. The lowest BCUT2D eigenvalue weighted by molar-refractivity contribution is 0.286. The monoisotopic (exact) mass is 412 g/mol. The number of nitrogens with one attached hydrogen (secondary N) is 1. The van der Waals surface area contributed by atoms with Crippen molar-refractivity contribution >= 4 is 18.4 Å². The molecule has 1 heterocycles. The van der Waals surface area contributed by atoms with Gasteiger partial charge >= 0.3 is 0 Å². The molecule has 152 valence electrons. The minimum absolute atomic E-state index is 0.00731. The van der Waals surface area contributed by atoms with Gasteiger partial charge in [0.05, 0.1) is 13.3 Å². The second-order valence-corrected chi connectivity index (χ2v) is 7.27. The number of para-hydroxylation sites is 1.